The average Bonchev–Trinajstić information content (AvgIpc) is 3.33. The van der Waals surface area contributed by atoms with Gasteiger partial charge < -0.3 is 0 Å². The van der Waals surface area contributed by atoms with Gasteiger partial charge in [0.2, 0.25) is 0 Å². The maximum absolute atomic E-state index is 15.3. The maximum atomic E-state index is 15.3. The van der Waals surface area contributed by atoms with E-state index in [9.17, 15) is 39.5 Å². The average molecular weight is 1110 g/mol. The molecule has 0 saturated carbocycles. The minimum Gasteiger partial charge on any atom is -0.207 e. The fraction of sp³-hybridized carbons (Fsp3) is 0. The van der Waals surface area contributed by atoms with Crippen molar-refractivity contribution in [3.8, 4) is 33.4 Å². The third-order valence-electron chi connectivity index (χ3n) is 12.8. The number of thiol groups is 1. The second-order valence-corrected chi connectivity index (χ2v) is 19.7. The van der Waals surface area contributed by atoms with Crippen LogP contribution in [0.5, 0.6) is 0 Å². The Kier molecular flexibility index (Phi) is 16.0. The van der Waals surface area contributed by atoms with Gasteiger partial charge in [0.25, 0.3) is 0 Å². The van der Waals surface area contributed by atoms with Gasteiger partial charge in [0.15, 0.2) is 62.1 Å². The van der Waals surface area contributed by atoms with Gasteiger partial charge in [-0.15, -0.1) is 16.4 Å². The summed E-state index contributed by atoms with van der Waals surface area (Å²) in [5.74, 6) is -45.5. The standard InChI is InChI=1S/C36H26S2.C24H5BF15/c1-3-9-27(10-4-1)28-15-19-31(20-16-28)37-33-23-25-34(26-24-33)38-32-21-17-30(18-22-32)36-14-8-7-13-35(36)29-11-5-2-6-12-29;26-10-7(11(27)17(33)22(38)16(10)32)25(6-4-2-1-3-5-6,8-12(28)18(34)23(39)19(35)13(8)29)9-14(30)20(36)24(40)21(37)15(9)31/h1-26H;1-5H/q;-1/p+1. The summed E-state index contributed by atoms with van der Waals surface area (Å²) in [6, 6.07) is 59.7. The Balaban J connectivity index is 0.000000190. The van der Waals surface area contributed by atoms with E-state index in [2.05, 4.69) is 158 Å². The van der Waals surface area contributed by atoms with Crippen molar-refractivity contribution in [3.63, 3.8) is 0 Å². The molecule has 0 spiro atoms. The molecule has 18 heteroatoms. The van der Waals surface area contributed by atoms with Gasteiger partial charge in [-0.3, -0.25) is 0 Å². The molecule has 0 bridgehead atoms. The van der Waals surface area contributed by atoms with Crippen LogP contribution in [0.25, 0.3) is 33.4 Å². The van der Waals surface area contributed by atoms with Crippen LogP contribution in [0.1, 0.15) is 0 Å². The molecule has 10 aromatic rings. The summed E-state index contributed by atoms with van der Waals surface area (Å²) < 4.78 is 220. The first-order valence-corrected chi connectivity index (χ1v) is 24.8. The fourth-order valence-corrected chi connectivity index (χ4v) is 10.9. The smallest absolute Gasteiger partial charge is 0.200 e. The molecule has 0 heterocycles. The van der Waals surface area contributed by atoms with E-state index in [1.54, 1.807) is 11.8 Å². The number of hydrogen-bond donors (Lipinski definition) is 0. The van der Waals surface area contributed by atoms with Crippen LogP contribution in [-0.2, 0) is 11.8 Å². The highest BCUT2D eigenvalue weighted by Crippen LogP contribution is 2.35. The van der Waals surface area contributed by atoms with Crippen LogP contribution >= 0.6 is 11.8 Å². The molecule has 0 atom stereocenters. The zero-order valence-corrected chi connectivity index (χ0v) is 41.2. The first kappa shape index (κ1) is 54.7. The molecule has 392 valence electrons. The normalized spacial score (nSPS) is 11.4. The monoisotopic (exact) mass is 1110 g/mol. The van der Waals surface area contributed by atoms with Crippen molar-refractivity contribution in [2.45, 2.75) is 19.6 Å². The Morgan fingerprint density at radius 2 is 0.500 bits per heavy atom. The van der Waals surface area contributed by atoms with E-state index in [0.717, 1.165) is 18.2 Å². The van der Waals surface area contributed by atoms with Gasteiger partial charge in [0.05, 0.1) is 0 Å². The molecule has 0 N–H and O–H groups in total. The Bertz CT molecular complexity index is 3580. The van der Waals surface area contributed by atoms with Crippen LogP contribution < -0.4 is 21.9 Å². The van der Waals surface area contributed by atoms with Gasteiger partial charge >= 0.3 is 0 Å². The molecule has 0 aliphatic heterocycles. The molecule has 0 amide bonds. The zero-order chi connectivity index (χ0) is 55.6. The van der Waals surface area contributed by atoms with E-state index in [1.165, 1.54) is 64.7 Å². The molecule has 0 nitrogen and oxygen atoms in total. The van der Waals surface area contributed by atoms with Crippen LogP contribution in [0.15, 0.2) is 208 Å². The summed E-state index contributed by atoms with van der Waals surface area (Å²) in [5, 5.41) is 0. The maximum Gasteiger partial charge on any atom is 0.200 e. The quantitative estimate of drug-likeness (QED) is 0.0311. The van der Waals surface area contributed by atoms with Crippen LogP contribution in [-0.4, -0.2) is 6.15 Å². The lowest BCUT2D eigenvalue weighted by Crippen LogP contribution is -2.79. The predicted molar refractivity (Wildman–Crippen MR) is 274 cm³/mol. The minimum atomic E-state index is -5.72. The molecule has 0 saturated heterocycles. The molecule has 0 aliphatic rings. The van der Waals surface area contributed by atoms with Crippen molar-refractivity contribution in [3.05, 3.63) is 275 Å². The summed E-state index contributed by atoms with van der Waals surface area (Å²) in [7, 11) is 0. The van der Waals surface area contributed by atoms with Gasteiger partial charge in [-0.25, -0.2) is 65.9 Å². The number of rotatable bonds is 11. The molecule has 0 fully saturated rings. The van der Waals surface area contributed by atoms with Crippen LogP contribution in [0.4, 0.5) is 65.9 Å². The highest BCUT2D eigenvalue weighted by Gasteiger charge is 2.49. The molecule has 78 heavy (non-hydrogen) atoms. The summed E-state index contributed by atoms with van der Waals surface area (Å²) in [6.07, 6.45) is -5.72. The van der Waals surface area contributed by atoms with Crippen molar-refractivity contribution in [2.24, 2.45) is 0 Å². The van der Waals surface area contributed by atoms with Crippen LogP contribution in [0.2, 0.25) is 0 Å². The minimum absolute atomic E-state index is 0.397. The Hall–Kier alpha value is -8.09. The molecule has 0 radical (unpaired) electrons. The molecule has 0 aliphatic carbocycles. The predicted octanol–water partition coefficient (Wildman–Crippen LogP) is 15.2. The second-order valence-electron chi connectivity index (χ2n) is 17.3. The largest absolute Gasteiger partial charge is 0.207 e. The highest BCUT2D eigenvalue weighted by molar-refractivity contribution is 7.99. The molecular formula is C60H32BF15S2. The Morgan fingerprint density at radius 3 is 0.872 bits per heavy atom. The van der Waals surface area contributed by atoms with Crippen molar-refractivity contribution in [2.75, 3.05) is 0 Å². The lowest BCUT2D eigenvalue weighted by molar-refractivity contribution is 0.380. The lowest BCUT2D eigenvalue weighted by Gasteiger charge is -2.44. The molecule has 10 rings (SSSR count). The first-order valence-electron chi connectivity index (χ1n) is 23.1. The first-order chi connectivity index (χ1) is 37.4. The second kappa shape index (κ2) is 22.9. The summed E-state index contributed by atoms with van der Waals surface area (Å²) in [4.78, 5) is 5.10. The van der Waals surface area contributed by atoms with Crippen molar-refractivity contribution in [1.29, 1.82) is 0 Å². The molecule has 0 unspecified atom stereocenters. The third-order valence-corrected chi connectivity index (χ3v) is 14.9. The summed E-state index contributed by atoms with van der Waals surface area (Å²) in [5.41, 5.74) is -1.89. The zero-order valence-electron chi connectivity index (χ0n) is 39.5. The van der Waals surface area contributed by atoms with Gasteiger partial charge in [-0.1, -0.05) is 139 Å². The van der Waals surface area contributed by atoms with E-state index in [4.69, 9.17) is 0 Å². The van der Waals surface area contributed by atoms with Crippen LogP contribution in [0.3, 0.4) is 0 Å². The SMILES string of the molecule is Fc1c(F)c(F)c([B-](c2ccccc2)(c2c(F)c(F)c(F)c(F)c2F)c2c(F)c(F)c(F)c(F)c2F)c(F)c1F.c1ccc(-c2ccc(Sc3ccc([SH+]c4ccc(-c5ccccc5-c5ccccc5)cc4)cc3)cc2)cc1. The van der Waals surface area contributed by atoms with E-state index >= 15 is 26.3 Å². The highest BCUT2D eigenvalue weighted by atomic mass is 32.2. The van der Waals surface area contributed by atoms with Gasteiger partial charge in [-0.05, 0) is 94.0 Å². The van der Waals surface area contributed by atoms with E-state index in [1.807, 2.05) is 0 Å². The Labute approximate surface area is 443 Å². The van der Waals surface area contributed by atoms with Crippen molar-refractivity contribution < 1.29 is 65.9 Å². The fourth-order valence-electron chi connectivity index (χ4n) is 9.22. The van der Waals surface area contributed by atoms with Crippen LogP contribution in [0, 0.1) is 87.3 Å². The summed E-state index contributed by atoms with van der Waals surface area (Å²) >= 11 is 3.02. The topological polar surface area (TPSA) is 0 Å². The van der Waals surface area contributed by atoms with E-state index in [0.29, 0.717) is 12.1 Å². The van der Waals surface area contributed by atoms with E-state index < -0.39 is 115 Å². The number of hydrogen-bond acceptors (Lipinski definition) is 1. The number of benzene rings is 10. The Morgan fingerprint density at radius 1 is 0.244 bits per heavy atom. The van der Waals surface area contributed by atoms with Gasteiger partial charge in [-0.2, -0.15) is 5.46 Å². The van der Waals surface area contributed by atoms with Gasteiger partial charge in [0.1, 0.15) is 41.0 Å². The molecule has 10 aromatic carbocycles. The van der Waals surface area contributed by atoms with Gasteiger partial charge in [0, 0.05) is 21.6 Å². The van der Waals surface area contributed by atoms with E-state index in [-0.39, 0.29) is 0 Å². The third kappa shape index (κ3) is 10.2. The molecule has 0 aromatic heterocycles. The van der Waals surface area contributed by atoms with Crippen molar-refractivity contribution in [1.82, 2.24) is 0 Å². The molecular weight excluding hydrogens is 1080 g/mol. The summed E-state index contributed by atoms with van der Waals surface area (Å²) in [6.45, 7) is 0. The number of halogens is 15. The lowest BCUT2D eigenvalue weighted by atomic mass is 9.12. The van der Waals surface area contributed by atoms with Crippen molar-refractivity contribution >= 4 is 51.5 Å².